The Hall–Kier alpha value is -4.85. The van der Waals surface area contributed by atoms with Gasteiger partial charge >= 0.3 is 5.69 Å². The van der Waals surface area contributed by atoms with Crippen LogP contribution in [0.1, 0.15) is 25.5 Å². The van der Waals surface area contributed by atoms with Gasteiger partial charge in [0.25, 0.3) is 0 Å². The van der Waals surface area contributed by atoms with E-state index in [1.54, 1.807) is 11.8 Å². The van der Waals surface area contributed by atoms with Crippen molar-refractivity contribution in [3.63, 3.8) is 0 Å². The summed E-state index contributed by atoms with van der Waals surface area (Å²) in [5, 5.41) is -0.321. The third-order valence-corrected chi connectivity index (χ3v) is 10.9. The molecule has 1 atom stereocenters. The van der Waals surface area contributed by atoms with E-state index in [4.69, 9.17) is 5.73 Å². The number of anilines is 3. The highest BCUT2D eigenvalue weighted by atomic mass is 32.2. The van der Waals surface area contributed by atoms with Gasteiger partial charge in [-0.05, 0) is 63.1 Å². The van der Waals surface area contributed by atoms with Gasteiger partial charge in [0.1, 0.15) is 17.5 Å². The summed E-state index contributed by atoms with van der Waals surface area (Å²) >= 11 is 0. The number of hydrogen-bond acceptors (Lipinski definition) is 8. The minimum atomic E-state index is -3.75. The molecule has 0 bridgehead atoms. The van der Waals surface area contributed by atoms with E-state index >= 15 is 8.78 Å². The van der Waals surface area contributed by atoms with Crippen molar-refractivity contribution in [1.29, 1.82) is 0 Å². The van der Waals surface area contributed by atoms with Crippen molar-refractivity contribution in [3.8, 4) is 16.8 Å². The van der Waals surface area contributed by atoms with Crippen LogP contribution in [0.5, 0.6) is 0 Å². The number of halogens is 2. The van der Waals surface area contributed by atoms with Crippen LogP contribution in [0, 0.1) is 18.6 Å². The summed E-state index contributed by atoms with van der Waals surface area (Å²) in [4.78, 5) is 38.7. The minimum Gasteiger partial charge on any atom is -0.398 e. The first-order valence-electron chi connectivity index (χ1n) is 14.8. The van der Waals surface area contributed by atoms with Gasteiger partial charge in [-0.15, -0.1) is 0 Å². The molecule has 2 aliphatic rings. The summed E-state index contributed by atoms with van der Waals surface area (Å²) in [5.41, 5.74) is 5.72. The number of sulfonamides is 1. The van der Waals surface area contributed by atoms with Crippen molar-refractivity contribution >= 4 is 44.0 Å². The zero-order chi connectivity index (χ0) is 33.1. The lowest BCUT2D eigenvalue weighted by atomic mass is 10.00. The van der Waals surface area contributed by atoms with Crippen LogP contribution < -0.4 is 20.6 Å². The number of nitrogen functional groups attached to an aromatic ring is 1. The SMILES string of the molecule is C=CC(=O)N1CCN(c2nc(=O)n(-c3c(N(C)S(=O)(=O)C4CC4)ccnc3C)c3cc(-c4c(N)cccc4F)c(F)cc23)[C@@H](C)C1. The fourth-order valence-electron chi connectivity index (χ4n) is 6.09. The lowest BCUT2D eigenvalue weighted by molar-refractivity contribution is -0.126. The number of carbonyl (C=O) groups is 1. The number of amides is 1. The number of hydrogen-bond donors (Lipinski definition) is 1. The largest absolute Gasteiger partial charge is 0.398 e. The van der Waals surface area contributed by atoms with E-state index in [1.807, 2.05) is 11.8 Å². The Labute approximate surface area is 264 Å². The Morgan fingerprint density at radius 3 is 2.54 bits per heavy atom. The second-order valence-electron chi connectivity index (χ2n) is 11.6. The summed E-state index contributed by atoms with van der Waals surface area (Å²) in [5.74, 6) is -1.62. The second kappa shape index (κ2) is 11.5. The topological polar surface area (TPSA) is 135 Å². The molecule has 1 aliphatic heterocycles. The molecule has 0 radical (unpaired) electrons. The van der Waals surface area contributed by atoms with Crippen LogP contribution in [-0.2, 0) is 14.8 Å². The van der Waals surface area contributed by atoms with Crippen LogP contribution >= 0.6 is 0 Å². The monoisotopic (exact) mass is 649 g/mol. The van der Waals surface area contributed by atoms with Gasteiger partial charge in [-0.3, -0.25) is 18.7 Å². The van der Waals surface area contributed by atoms with E-state index in [0.29, 0.717) is 31.6 Å². The minimum absolute atomic E-state index is 0.00781. The fourth-order valence-corrected chi connectivity index (χ4v) is 7.69. The van der Waals surface area contributed by atoms with Crippen molar-refractivity contribution in [3.05, 3.63) is 83.1 Å². The summed E-state index contributed by atoms with van der Waals surface area (Å²) < 4.78 is 60.3. The van der Waals surface area contributed by atoms with Crippen molar-refractivity contribution in [2.75, 3.05) is 41.6 Å². The van der Waals surface area contributed by atoms with Gasteiger partial charge in [0.2, 0.25) is 15.9 Å². The van der Waals surface area contributed by atoms with Crippen LogP contribution in [0.3, 0.4) is 0 Å². The predicted molar refractivity (Wildman–Crippen MR) is 174 cm³/mol. The second-order valence-corrected chi connectivity index (χ2v) is 13.9. The van der Waals surface area contributed by atoms with Crippen LogP contribution in [0.25, 0.3) is 27.7 Å². The zero-order valence-electron chi connectivity index (χ0n) is 25.6. The zero-order valence-corrected chi connectivity index (χ0v) is 26.4. The summed E-state index contributed by atoms with van der Waals surface area (Å²) in [6.07, 6.45) is 3.74. The molecule has 1 aliphatic carbocycles. The van der Waals surface area contributed by atoms with Crippen LogP contribution in [0.2, 0.25) is 0 Å². The van der Waals surface area contributed by atoms with Gasteiger partial charge in [-0.2, -0.15) is 4.98 Å². The molecule has 3 heterocycles. The normalized spacial score (nSPS) is 16.9. The highest BCUT2D eigenvalue weighted by molar-refractivity contribution is 7.93. The van der Waals surface area contributed by atoms with Crippen LogP contribution in [0.15, 0.2) is 60.0 Å². The maximum atomic E-state index is 16.1. The van der Waals surface area contributed by atoms with Crippen molar-refractivity contribution in [2.45, 2.75) is 38.0 Å². The van der Waals surface area contributed by atoms with Crippen molar-refractivity contribution in [2.24, 2.45) is 0 Å². The number of carbonyl (C=O) groups excluding carboxylic acids is 1. The summed E-state index contributed by atoms with van der Waals surface area (Å²) in [7, 11) is -2.34. The first-order valence-corrected chi connectivity index (χ1v) is 16.3. The number of fused-ring (bicyclic) bond motifs is 1. The Kier molecular flexibility index (Phi) is 7.79. The highest BCUT2D eigenvalue weighted by Crippen LogP contribution is 2.39. The maximum Gasteiger partial charge on any atom is 0.354 e. The third-order valence-electron chi connectivity index (χ3n) is 8.64. The highest BCUT2D eigenvalue weighted by Gasteiger charge is 2.40. The number of rotatable bonds is 7. The van der Waals surface area contributed by atoms with Gasteiger partial charge in [-0.1, -0.05) is 12.6 Å². The molecule has 6 rings (SSSR count). The average Bonchev–Trinajstić information content (AvgIpc) is 3.87. The van der Waals surface area contributed by atoms with E-state index in [9.17, 15) is 18.0 Å². The number of nitrogens with zero attached hydrogens (tertiary/aromatic N) is 6. The van der Waals surface area contributed by atoms with E-state index < -0.39 is 32.6 Å². The molecule has 46 heavy (non-hydrogen) atoms. The average molecular weight is 650 g/mol. The lowest BCUT2D eigenvalue weighted by Crippen LogP contribution is -2.54. The molecule has 1 saturated heterocycles. The van der Waals surface area contributed by atoms with E-state index in [1.165, 1.54) is 54.2 Å². The molecule has 1 amide bonds. The molecule has 0 spiro atoms. The van der Waals surface area contributed by atoms with Gasteiger partial charge in [0.15, 0.2) is 0 Å². The molecule has 11 nitrogen and oxygen atoms in total. The van der Waals surface area contributed by atoms with Gasteiger partial charge in [-0.25, -0.2) is 22.0 Å². The van der Waals surface area contributed by atoms with Crippen molar-refractivity contribution < 1.29 is 22.0 Å². The molecular formula is C32H33F2N7O4S. The van der Waals surface area contributed by atoms with Crippen LogP contribution in [0.4, 0.5) is 26.0 Å². The van der Waals surface area contributed by atoms with E-state index in [-0.39, 0.29) is 63.4 Å². The first kappa shape index (κ1) is 31.1. The molecule has 2 aromatic heterocycles. The number of piperazine rings is 1. The molecule has 14 heteroatoms. The number of nitrogens with two attached hydrogens (primary N) is 1. The Balaban J connectivity index is 1.65. The molecule has 4 aromatic rings. The van der Waals surface area contributed by atoms with Gasteiger partial charge < -0.3 is 15.5 Å². The Morgan fingerprint density at radius 2 is 1.89 bits per heavy atom. The van der Waals surface area contributed by atoms with Crippen molar-refractivity contribution in [1.82, 2.24) is 19.4 Å². The summed E-state index contributed by atoms with van der Waals surface area (Å²) in [6.45, 7) is 7.93. The molecule has 240 valence electrons. The van der Waals surface area contributed by atoms with Gasteiger partial charge in [0.05, 0.1) is 27.8 Å². The number of pyridine rings is 1. The molecule has 0 unspecified atom stereocenters. The number of benzene rings is 2. The predicted octanol–water partition coefficient (Wildman–Crippen LogP) is 3.77. The van der Waals surface area contributed by atoms with Gasteiger partial charge in [0, 0.05) is 61.1 Å². The van der Waals surface area contributed by atoms with E-state index in [2.05, 4.69) is 16.5 Å². The standard InChI is InChI=1S/C32H33F2N7O4S/c1-5-28(42)39-13-14-40(18(2)17-39)31-22-15-24(34)21(29-23(33)7-6-8-25(29)35)16-27(22)41(32(43)37-31)30-19(3)36-12-11-26(30)38(4)46(44,45)20-9-10-20/h5-8,11-12,15-16,18,20H,1,9-10,13-14,17,35H2,2-4H3/t18-/m0/s1. The smallest absolute Gasteiger partial charge is 0.354 e. The lowest BCUT2D eigenvalue weighted by Gasteiger charge is -2.40. The maximum absolute atomic E-state index is 16.1. The molecule has 2 aromatic carbocycles. The molecule has 1 saturated carbocycles. The Morgan fingerprint density at radius 1 is 1.15 bits per heavy atom. The first-order chi connectivity index (χ1) is 21.8. The molecule has 2 fully saturated rings. The number of aryl methyl sites for hydroxylation is 1. The number of aromatic nitrogens is 3. The molecule has 2 N–H and O–H groups in total. The molecular weight excluding hydrogens is 616 g/mol. The summed E-state index contributed by atoms with van der Waals surface area (Å²) in [6, 6.07) is 7.70. The third kappa shape index (κ3) is 5.15. The fraction of sp³-hybridized carbons (Fsp3) is 0.312. The van der Waals surface area contributed by atoms with Crippen LogP contribution in [-0.4, -0.2) is 71.7 Å². The Bertz CT molecular complexity index is 2060. The quantitative estimate of drug-likeness (QED) is 0.236. The van der Waals surface area contributed by atoms with E-state index in [0.717, 1.165) is 10.4 Å².